The van der Waals surface area contributed by atoms with Gasteiger partial charge >= 0.3 is 0 Å². The van der Waals surface area contributed by atoms with Crippen LogP contribution in [0.25, 0.3) is 10.9 Å². The summed E-state index contributed by atoms with van der Waals surface area (Å²) in [4.78, 5) is 71.8. The van der Waals surface area contributed by atoms with Crippen LogP contribution in [0, 0.1) is 17.8 Å². The average Bonchev–Trinajstić information content (AvgIpc) is 3.88. The molecule has 3 fully saturated rings. The lowest BCUT2D eigenvalue weighted by Gasteiger charge is -2.29. The maximum atomic E-state index is 14.1. The first-order chi connectivity index (χ1) is 22.8. The van der Waals surface area contributed by atoms with E-state index in [2.05, 4.69) is 20.9 Å². The molecule has 1 aromatic heterocycles. The third kappa shape index (κ3) is 7.02. The molecule has 4 N–H and O–H groups in total. The number of rotatable bonds is 13. The van der Waals surface area contributed by atoms with Crippen molar-refractivity contribution >= 4 is 40.3 Å². The van der Waals surface area contributed by atoms with Gasteiger partial charge in [0.05, 0.1) is 26.4 Å². The van der Waals surface area contributed by atoms with E-state index in [9.17, 15) is 24.0 Å². The lowest BCUT2D eigenvalue weighted by molar-refractivity contribution is -0.141. The number of ketones is 1. The molecule has 3 heterocycles. The Morgan fingerprint density at radius 1 is 1.04 bits per heavy atom. The SMILES string of the molecule is COc1cccc2[nH]c(C(=O)N3CC4CCCC4C3C(=O)NC(CC3CCNC3=O)C(=O)C(=O)NCCOCc3ccccc3)cc12. The predicted molar refractivity (Wildman–Crippen MR) is 172 cm³/mol. The number of amides is 4. The summed E-state index contributed by atoms with van der Waals surface area (Å²) in [6, 6.07) is 14.8. The Hall–Kier alpha value is -4.71. The number of fused-ring (bicyclic) bond motifs is 2. The number of ether oxygens (including phenoxy) is 2. The van der Waals surface area contributed by atoms with Crippen LogP contribution >= 0.6 is 0 Å². The number of Topliss-reactive ketones (excluding diaryl/α,β-unsaturated/α-hetero) is 1. The number of likely N-dealkylation sites (tertiary alicyclic amines) is 1. The van der Waals surface area contributed by atoms with Crippen molar-refractivity contribution in [3.8, 4) is 5.75 Å². The Morgan fingerprint density at radius 3 is 2.64 bits per heavy atom. The molecule has 248 valence electrons. The summed E-state index contributed by atoms with van der Waals surface area (Å²) >= 11 is 0. The molecule has 12 nitrogen and oxygen atoms in total. The summed E-state index contributed by atoms with van der Waals surface area (Å²) in [5.41, 5.74) is 2.07. The summed E-state index contributed by atoms with van der Waals surface area (Å²) < 4.78 is 11.1. The molecule has 1 aliphatic carbocycles. The molecule has 2 saturated heterocycles. The van der Waals surface area contributed by atoms with E-state index in [4.69, 9.17) is 9.47 Å². The second-order valence-electron chi connectivity index (χ2n) is 12.6. The molecule has 12 heteroatoms. The Morgan fingerprint density at radius 2 is 1.87 bits per heavy atom. The topological polar surface area (TPSA) is 159 Å². The van der Waals surface area contributed by atoms with Gasteiger partial charge in [-0.3, -0.25) is 24.0 Å². The van der Waals surface area contributed by atoms with E-state index in [1.165, 1.54) is 0 Å². The highest BCUT2D eigenvalue weighted by Crippen LogP contribution is 2.43. The first-order valence-corrected chi connectivity index (χ1v) is 16.3. The molecule has 2 aromatic carbocycles. The van der Waals surface area contributed by atoms with E-state index in [-0.39, 0.29) is 43.2 Å². The Balaban J connectivity index is 1.15. The molecule has 2 aliphatic heterocycles. The number of carbonyl (C=O) groups is 5. The number of hydrogen-bond acceptors (Lipinski definition) is 7. The molecule has 0 radical (unpaired) electrons. The number of nitrogens with one attached hydrogen (secondary N) is 4. The van der Waals surface area contributed by atoms with Crippen molar-refractivity contribution in [3.63, 3.8) is 0 Å². The van der Waals surface area contributed by atoms with Crippen molar-refractivity contribution in [1.29, 1.82) is 0 Å². The molecule has 0 spiro atoms. The van der Waals surface area contributed by atoms with Crippen molar-refractivity contribution in [2.75, 3.05) is 33.4 Å². The van der Waals surface area contributed by atoms with Gasteiger partial charge in [0, 0.05) is 36.5 Å². The molecule has 4 amide bonds. The average molecular weight is 644 g/mol. The largest absolute Gasteiger partial charge is 0.496 e. The van der Waals surface area contributed by atoms with Crippen molar-refractivity contribution in [2.24, 2.45) is 17.8 Å². The first kappa shape index (κ1) is 32.2. The van der Waals surface area contributed by atoms with Gasteiger partial charge in [-0.15, -0.1) is 0 Å². The summed E-state index contributed by atoms with van der Waals surface area (Å²) in [6.07, 6.45) is 3.11. The Bertz CT molecular complexity index is 1640. The fourth-order valence-electron chi connectivity index (χ4n) is 7.32. The van der Waals surface area contributed by atoms with Crippen molar-refractivity contribution in [3.05, 3.63) is 65.9 Å². The van der Waals surface area contributed by atoms with Crippen LogP contribution in [0.4, 0.5) is 0 Å². The van der Waals surface area contributed by atoms with Gasteiger partial charge in [-0.2, -0.15) is 0 Å². The van der Waals surface area contributed by atoms with Crippen molar-refractivity contribution in [1.82, 2.24) is 25.8 Å². The summed E-state index contributed by atoms with van der Waals surface area (Å²) in [5, 5.41) is 8.93. The van der Waals surface area contributed by atoms with Crippen LogP contribution < -0.4 is 20.7 Å². The number of benzene rings is 2. The maximum absolute atomic E-state index is 14.1. The number of H-pyrrole nitrogens is 1. The number of carbonyl (C=O) groups excluding carboxylic acids is 5. The van der Waals surface area contributed by atoms with Crippen molar-refractivity contribution < 1.29 is 33.4 Å². The number of nitrogens with zero attached hydrogens (tertiary/aromatic N) is 1. The first-order valence-electron chi connectivity index (χ1n) is 16.3. The zero-order valence-corrected chi connectivity index (χ0v) is 26.5. The smallest absolute Gasteiger partial charge is 0.289 e. The fraction of sp³-hybridized carbons (Fsp3) is 0.457. The zero-order valence-electron chi connectivity index (χ0n) is 26.5. The highest BCUT2D eigenvalue weighted by molar-refractivity contribution is 6.38. The summed E-state index contributed by atoms with van der Waals surface area (Å²) in [7, 11) is 1.57. The van der Waals surface area contributed by atoms with Crippen LogP contribution in [0.2, 0.25) is 0 Å². The monoisotopic (exact) mass is 643 g/mol. The minimum absolute atomic E-state index is 0.00902. The van der Waals surface area contributed by atoms with Gasteiger partial charge in [0.25, 0.3) is 11.8 Å². The van der Waals surface area contributed by atoms with E-state index in [0.29, 0.717) is 37.6 Å². The van der Waals surface area contributed by atoms with E-state index in [1.807, 2.05) is 48.5 Å². The quantitative estimate of drug-likeness (QED) is 0.164. The van der Waals surface area contributed by atoms with E-state index in [1.54, 1.807) is 18.1 Å². The van der Waals surface area contributed by atoms with E-state index >= 15 is 0 Å². The van der Waals surface area contributed by atoms with Crippen LogP contribution in [0.15, 0.2) is 54.6 Å². The van der Waals surface area contributed by atoms with Crippen LogP contribution in [0.1, 0.15) is 48.2 Å². The Labute approximate surface area is 272 Å². The Kier molecular flexibility index (Phi) is 9.86. The zero-order chi connectivity index (χ0) is 32.9. The molecule has 5 unspecified atom stereocenters. The van der Waals surface area contributed by atoms with Crippen LogP contribution in [-0.4, -0.2) is 84.7 Å². The summed E-state index contributed by atoms with van der Waals surface area (Å²) in [5.74, 6) is -2.51. The van der Waals surface area contributed by atoms with Crippen LogP contribution in [0.3, 0.4) is 0 Å². The van der Waals surface area contributed by atoms with Gasteiger partial charge in [-0.25, -0.2) is 0 Å². The van der Waals surface area contributed by atoms with Gasteiger partial charge in [0.2, 0.25) is 17.6 Å². The molecular weight excluding hydrogens is 602 g/mol. The third-order valence-corrected chi connectivity index (χ3v) is 9.68. The molecule has 5 atom stereocenters. The molecule has 1 saturated carbocycles. The minimum Gasteiger partial charge on any atom is -0.496 e. The van der Waals surface area contributed by atoms with Gasteiger partial charge in [-0.05, 0) is 61.3 Å². The highest BCUT2D eigenvalue weighted by atomic mass is 16.5. The number of hydrogen-bond donors (Lipinski definition) is 4. The second-order valence-corrected chi connectivity index (χ2v) is 12.6. The normalized spacial score (nSPS) is 22.5. The molecular formula is C35H41N5O7. The minimum atomic E-state index is -1.23. The number of aromatic amines is 1. The van der Waals surface area contributed by atoms with Gasteiger partial charge < -0.3 is 35.3 Å². The van der Waals surface area contributed by atoms with E-state index in [0.717, 1.165) is 35.7 Å². The highest BCUT2D eigenvalue weighted by Gasteiger charge is 2.50. The van der Waals surface area contributed by atoms with Crippen molar-refractivity contribution in [2.45, 2.75) is 50.8 Å². The van der Waals surface area contributed by atoms with Gasteiger partial charge in [-0.1, -0.05) is 42.8 Å². The maximum Gasteiger partial charge on any atom is 0.289 e. The predicted octanol–water partition coefficient (Wildman–Crippen LogP) is 2.33. The van der Waals surface area contributed by atoms with Gasteiger partial charge in [0.15, 0.2) is 0 Å². The lowest BCUT2D eigenvalue weighted by atomic mass is 9.91. The molecule has 3 aromatic rings. The third-order valence-electron chi connectivity index (χ3n) is 9.68. The standard InChI is InChI=1S/C35H41N5O7/c1-46-29-12-6-11-26-25(29)18-28(38-26)35(45)40-19-23-9-5-10-24(23)30(40)33(43)39-27(17-22-13-14-36-32(22)42)31(41)34(44)37-15-16-47-20-21-7-3-2-4-8-21/h2-4,6-8,11-12,18,22-24,27,30,38H,5,9-10,13-17,19-20H2,1H3,(H,36,42)(H,37,44)(H,39,43). The summed E-state index contributed by atoms with van der Waals surface area (Å²) in [6.45, 7) is 1.54. The molecule has 47 heavy (non-hydrogen) atoms. The number of aromatic nitrogens is 1. The lowest BCUT2D eigenvalue weighted by Crippen LogP contribution is -2.55. The second kappa shape index (κ2) is 14.4. The fourth-order valence-corrected chi connectivity index (χ4v) is 7.32. The molecule has 3 aliphatic rings. The van der Waals surface area contributed by atoms with E-state index < -0.39 is 35.6 Å². The number of methoxy groups -OCH3 is 1. The molecule has 0 bridgehead atoms. The van der Waals surface area contributed by atoms with Gasteiger partial charge in [0.1, 0.15) is 17.5 Å². The van der Waals surface area contributed by atoms with Crippen LogP contribution in [0.5, 0.6) is 5.75 Å². The molecule has 6 rings (SSSR count). The van der Waals surface area contributed by atoms with Crippen LogP contribution in [-0.2, 0) is 30.5 Å².